The summed E-state index contributed by atoms with van der Waals surface area (Å²) in [7, 11) is 0. The number of carboxylic acid groups (broad SMARTS) is 1. The maximum atomic E-state index is 10.8. The predicted molar refractivity (Wildman–Crippen MR) is 52.1 cm³/mol. The lowest BCUT2D eigenvalue weighted by Crippen LogP contribution is -2.01. The SMILES string of the molecule is NCC#Cc1cnc(Cl)cc1C(=O)O. The number of carboxylic acids is 1. The van der Waals surface area contributed by atoms with Gasteiger partial charge in [-0.05, 0) is 6.07 Å². The molecule has 3 N–H and O–H groups in total. The molecule has 0 spiro atoms. The monoisotopic (exact) mass is 210 g/mol. The third-order valence-corrected chi connectivity index (χ3v) is 1.63. The number of carbonyl (C=O) groups is 1. The van der Waals surface area contributed by atoms with E-state index in [1.165, 1.54) is 12.3 Å². The van der Waals surface area contributed by atoms with Crippen LogP contribution in [0.3, 0.4) is 0 Å². The summed E-state index contributed by atoms with van der Waals surface area (Å²) in [4.78, 5) is 14.5. The zero-order chi connectivity index (χ0) is 10.6. The van der Waals surface area contributed by atoms with Crippen LogP contribution in [0, 0.1) is 11.8 Å². The Morgan fingerprint density at radius 2 is 2.43 bits per heavy atom. The van der Waals surface area contributed by atoms with Gasteiger partial charge in [-0.3, -0.25) is 0 Å². The maximum absolute atomic E-state index is 10.8. The van der Waals surface area contributed by atoms with Crippen molar-refractivity contribution in [3.63, 3.8) is 0 Å². The molecule has 0 fully saturated rings. The van der Waals surface area contributed by atoms with Crippen LogP contribution in [-0.4, -0.2) is 22.6 Å². The fraction of sp³-hybridized carbons (Fsp3) is 0.111. The second-order valence-electron chi connectivity index (χ2n) is 2.36. The molecule has 1 aromatic heterocycles. The molecule has 1 heterocycles. The number of nitrogens with zero attached hydrogens (tertiary/aromatic N) is 1. The molecule has 0 unspecified atom stereocenters. The van der Waals surface area contributed by atoms with Crippen LogP contribution in [0.2, 0.25) is 5.15 Å². The fourth-order valence-corrected chi connectivity index (χ4v) is 1.01. The molecule has 0 bridgehead atoms. The molecule has 1 rings (SSSR count). The summed E-state index contributed by atoms with van der Waals surface area (Å²) in [5.41, 5.74) is 5.51. The molecule has 0 amide bonds. The van der Waals surface area contributed by atoms with Crippen LogP contribution in [0.25, 0.3) is 0 Å². The Morgan fingerprint density at radius 1 is 1.71 bits per heavy atom. The second kappa shape index (κ2) is 4.61. The molecule has 0 saturated heterocycles. The topological polar surface area (TPSA) is 76.2 Å². The zero-order valence-corrected chi connectivity index (χ0v) is 7.88. The van der Waals surface area contributed by atoms with Crippen molar-refractivity contribution in [2.45, 2.75) is 0 Å². The molecule has 5 heteroatoms. The van der Waals surface area contributed by atoms with Gasteiger partial charge in [-0.1, -0.05) is 23.4 Å². The average Bonchev–Trinajstić information content (AvgIpc) is 2.15. The molecule has 0 aliphatic rings. The van der Waals surface area contributed by atoms with Crippen molar-refractivity contribution in [1.82, 2.24) is 4.98 Å². The number of pyridine rings is 1. The molecule has 1 aromatic rings. The van der Waals surface area contributed by atoms with E-state index >= 15 is 0 Å². The first-order valence-electron chi connectivity index (χ1n) is 3.73. The van der Waals surface area contributed by atoms with Crippen molar-refractivity contribution in [2.75, 3.05) is 6.54 Å². The van der Waals surface area contributed by atoms with Crippen LogP contribution in [-0.2, 0) is 0 Å². The van der Waals surface area contributed by atoms with E-state index in [0.717, 1.165) is 0 Å². The van der Waals surface area contributed by atoms with Crippen molar-refractivity contribution >= 4 is 17.6 Å². The molecule has 0 aromatic carbocycles. The smallest absolute Gasteiger partial charge is 0.337 e. The summed E-state index contributed by atoms with van der Waals surface area (Å²) in [6.45, 7) is 0.168. The zero-order valence-electron chi connectivity index (χ0n) is 7.12. The van der Waals surface area contributed by atoms with Gasteiger partial charge >= 0.3 is 5.97 Å². The van der Waals surface area contributed by atoms with Crippen LogP contribution >= 0.6 is 11.6 Å². The van der Waals surface area contributed by atoms with Crippen LogP contribution in [0.4, 0.5) is 0 Å². The second-order valence-corrected chi connectivity index (χ2v) is 2.75. The molecule has 0 aliphatic heterocycles. The molecule has 0 radical (unpaired) electrons. The number of nitrogens with two attached hydrogens (primary N) is 1. The van der Waals surface area contributed by atoms with Crippen molar-refractivity contribution < 1.29 is 9.90 Å². The molecule has 0 saturated carbocycles. The Kier molecular flexibility index (Phi) is 3.46. The van der Waals surface area contributed by atoms with Crippen LogP contribution in [0.15, 0.2) is 12.3 Å². The van der Waals surface area contributed by atoms with Crippen molar-refractivity contribution in [3.05, 3.63) is 28.5 Å². The summed E-state index contributed by atoms with van der Waals surface area (Å²) >= 11 is 5.55. The van der Waals surface area contributed by atoms with E-state index in [0.29, 0.717) is 5.56 Å². The highest BCUT2D eigenvalue weighted by Gasteiger charge is 2.09. The highest BCUT2D eigenvalue weighted by Crippen LogP contribution is 2.12. The highest BCUT2D eigenvalue weighted by molar-refractivity contribution is 6.29. The number of aromatic carboxylic acids is 1. The van der Waals surface area contributed by atoms with Crippen molar-refractivity contribution in [2.24, 2.45) is 5.73 Å². The van der Waals surface area contributed by atoms with E-state index in [-0.39, 0.29) is 17.3 Å². The molecule has 0 aliphatic carbocycles. The number of halogens is 1. The summed E-state index contributed by atoms with van der Waals surface area (Å²) in [5.74, 6) is 4.07. The predicted octanol–water partition coefficient (Wildman–Crippen LogP) is 0.743. The van der Waals surface area contributed by atoms with Gasteiger partial charge in [0.25, 0.3) is 0 Å². The summed E-state index contributed by atoms with van der Waals surface area (Å²) in [6, 6.07) is 1.25. The molecule has 4 nitrogen and oxygen atoms in total. The van der Waals surface area contributed by atoms with Gasteiger partial charge in [-0.15, -0.1) is 0 Å². The Balaban J connectivity index is 3.22. The van der Waals surface area contributed by atoms with Gasteiger partial charge in [0.1, 0.15) is 5.15 Å². The first-order valence-corrected chi connectivity index (χ1v) is 4.10. The number of aromatic nitrogens is 1. The van der Waals surface area contributed by atoms with Gasteiger partial charge in [0.15, 0.2) is 0 Å². The highest BCUT2D eigenvalue weighted by atomic mass is 35.5. The quantitative estimate of drug-likeness (QED) is 0.530. The Bertz CT molecular complexity index is 421. The van der Waals surface area contributed by atoms with Gasteiger partial charge in [0, 0.05) is 6.20 Å². The first kappa shape index (κ1) is 10.5. The Morgan fingerprint density at radius 3 is 3.00 bits per heavy atom. The number of rotatable bonds is 1. The van der Waals surface area contributed by atoms with E-state index in [1.807, 2.05) is 0 Å². The molecular formula is C9H7ClN2O2. The largest absolute Gasteiger partial charge is 0.478 e. The molecule has 14 heavy (non-hydrogen) atoms. The molecular weight excluding hydrogens is 204 g/mol. The van der Waals surface area contributed by atoms with Crippen LogP contribution in [0.1, 0.15) is 15.9 Å². The van der Waals surface area contributed by atoms with E-state index in [9.17, 15) is 4.79 Å². The number of hydrogen-bond donors (Lipinski definition) is 2. The minimum atomic E-state index is -1.09. The molecule has 0 atom stereocenters. The van der Waals surface area contributed by atoms with E-state index in [2.05, 4.69) is 16.8 Å². The van der Waals surface area contributed by atoms with Gasteiger partial charge in [0.05, 0.1) is 17.7 Å². The lowest BCUT2D eigenvalue weighted by molar-refractivity contribution is 0.0696. The number of hydrogen-bond acceptors (Lipinski definition) is 3. The van der Waals surface area contributed by atoms with Gasteiger partial charge < -0.3 is 10.8 Å². The van der Waals surface area contributed by atoms with E-state index in [1.54, 1.807) is 0 Å². The van der Waals surface area contributed by atoms with Gasteiger partial charge in [0.2, 0.25) is 0 Å². The van der Waals surface area contributed by atoms with Crippen LogP contribution in [0.5, 0.6) is 0 Å². The summed E-state index contributed by atoms with van der Waals surface area (Å²) < 4.78 is 0. The fourth-order valence-electron chi connectivity index (χ4n) is 0.853. The van der Waals surface area contributed by atoms with E-state index in [4.69, 9.17) is 22.4 Å². The van der Waals surface area contributed by atoms with Gasteiger partial charge in [-0.25, -0.2) is 9.78 Å². The Hall–Kier alpha value is -1.57. The lowest BCUT2D eigenvalue weighted by Gasteiger charge is -1.98. The van der Waals surface area contributed by atoms with Crippen LogP contribution < -0.4 is 5.73 Å². The Labute approximate surface area is 85.7 Å². The maximum Gasteiger partial charge on any atom is 0.337 e. The molecule has 72 valence electrons. The summed E-state index contributed by atoms with van der Waals surface area (Å²) in [5, 5.41) is 8.93. The summed E-state index contributed by atoms with van der Waals surface area (Å²) in [6.07, 6.45) is 1.31. The standard InChI is InChI=1S/C9H7ClN2O2/c10-8-4-7(9(13)14)6(5-12-8)2-1-3-11/h4-5H,3,11H2,(H,13,14). The van der Waals surface area contributed by atoms with Crippen molar-refractivity contribution in [1.29, 1.82) is 0 Å². The average molecular weight is 211 g/mol. The first-order chi connectivity index (χ1) is 6.65. The van der Waals surface area contributed by atoms with Gasteiger partial charge in [-0.2, -0.15) is 0 Å². The van der Waals surface area contributed by atoms with E-state index < -0.39 is 5.97 Å². The normalized spacial score (nSPS) is 9.00. The van der Waals surface area contributed by atoms with Crippen molar-refractivity contribution in [3.8, 4) is 11.8 Å². The lowest BCUT2D eigenvalue weighted by atomic mass is 10.1. The third-order valence-electron chi connectivity index (χ3n) is 1.43. The minimum absolute atomic E-state index is 0.0333. The minimum Gasteiger partial charge on any atom is -0.478 e. The third kappa shape index (κ3) is 2.46.